The Hall–Kier alpha value is -1.36. The summed E-state index contributed by atoms with van der Waals surface area (Å²) < 4.78 is 0. The molecule has 0 fully saturated rings. The second kappa shape index (κ2) is 6.27. The molecule has 0 aliphatic heterocycles. The highest BCUT2D eigenvalue weighted by Crippen LogP contribution is 2.09. The van der Waals surface area contributed by atoms with Crippen molar-refractivity contribution in [3.05, 3.63) is 18.0 Å². The van der Waals surface area contributed by atoms with E-state index >= 15 is 0 Å². The molecular formula is C11H20N4O. The van der Waals surface area contributed by atoms with Crippen molar-refractivity contribution in [2.75, 3.05) is 0 Å². The van der Waals surface area contributed by atoms with Gasteiger partial charge in [-0.05, 0) is 13.3 Å². The van der Waals surface area contributed by atoms with Crippen LogP contribution >= 0.6 is 0 Å². The monoisotopic (exact) mass is 224 g/mol. The van der Waals surface area contributed by atoms with Crippen LogP contribution in [0.15, 0.2) is 12.4 Å². The molecule has 0 spiro atoms. The highest BCUT2D eigenvalue weighted by Gasteiger charge is 2.13. The van der Waals surface area contributed by atoms with E-state index in [1.807, 2.05) is 6.92 Å². The van der Waals surface area contributed by atoms with Crippen LogP contribution in [0, 0.1) is 0 Å². The molecule has 0 saturated carbocycles. The molecule has 1 rings (SSSR count). The van der Waals surface area contributed by atoms with Crippen molar-refractivity contribution in [3.8, 4) is 0 Å². The molecule has 16 heavy (non-hydrogen) atoms. The number of rotatable bonds is 6. The van der Waals surface area contributed by atoms with Gasteiger partial charge < -0.3 is 11.1 Å². The van der Waals surface area contributed by atoms with Gasteiger partial charge in [-0.2, -0.15) is 5.10 Å². The molecule has 1 amide bonds. The zero-order valence-electron chi connectivity index (χ0n) is 9.86. The first kappa shape index (κ1) is 12.7. The van der Waals surface area contributed by atoms with Gasteiger partial charge in [0.15, 0.2) is 0 Å². The summed E-state index contributed by atoms with van der Waals surface area (Å²) in [5.41, 5.74) is 6.77. The first-order valence-corrected chi connectivity index (χ1v) is 5.67. The molecule has 0 aliphatic rings. The number of hydrogen-bond acceptors (Lipinski definition) is 3. The summed E-state index contributed by atoms with van der Waals surface area (Å²) in [6, 6.07) is -0.0679. The highest BCUT2D eigenvalue weighted by atomic mass is 16.1. The number of carbonyl (C=O) groups is 1. The normalized spacial score (nSPS) is 14.4. The minimum absolute atomic E-state index is 0.00495. The molecule has 0 saturated heterocycles. The van der Waals surface area contributed by atoms with Crippen LogP contribution in [-0.4, -0.2) is 22.1 Å². The van der Waals surface area contributed by atoms with Crippen LogP contribution in [0.4, 0.5) is 0 Å². The lowest BCUT2D eigenvalue weighted by Gasteiger charge is -2.14. The largest absolute Gasteiger partial charge is 0.349 e. The number of nitrogens with zero attached hydrogens (tertiary/aromatic N) is 1. The molecule has 1 heterocycles. The number of amides is 1. The third kappa shape index (κ3) is 4.02. The average Bonchev–Trinajstić information content (AvgIpc) is 2.69. The Morgan fingerprint density at radius 1 is 1.69 bits per heavy atom. The van der Waals surface area contributed by atoms with Crippen molar-refractivity contribution in [1.29, 1.82) is 0 Å². The van der Waals surface area contributed by atoms with Gasteiger partial charge in [-0.25, -0.2) is 0 Å². The van der Waals surface area contributed by atoms with Gasteiger partial charge in [-0.15, -0.1) is 0 Å². The third-order valence-electron chi connectivity index (χ3n) is 2.50. The highest BCUT2D eigenvalue weighted by molar-refractivity contribution is 5.77. The Balaban J connectivity index is 2.34. The Labute approximate surface area is 95.8 Å². The fraction of sp³-hybridized carbons (Fsp3) is 0.636. The minimum Gasteiger partial charge on any atom is -0.349 e. The molecule has 5 heteroatoms. The second-order valence-corrected chi connectivity index (χ2v) is 4.07. The van der Waals surface area contributed by atoms with E-state index in [4.69, 9.17) is 5.73 Å². The van der Waals surface area contributed by atoms with E-state index in [0.29, 0.717) is 6.42 Å². The average molecular weight is 224 g/mol. The summed E-state index contributed by atoms with van der Waals surface area (Å²) in [7, 11) is 0. The number of nitrogens with two attached hydrogens (primary N) is 1. The van der Waals surface area contributed by atoms with Crippen LogP contribution < -0.4 is 11.1 Å². The molecule has 90 valence electrons. The number of H-pyrrole nitrogens is 1. The number of carbonyl (C=O) groups excluding carboxylic acids is 1. The molecule has 0 radical (unpaired) electrons. The maximum atomic E-state index is 11.6. The lowest BCUT2D eigenvalue weighted by Crippen LogP contribution is -2.33. The minimum atomic E-state index is -0.0402. The molecule has 0 aromatic carbocycles. The molecular weight excluding hydrogens is 204 g/mol. The standard InChI is InChI=1S/C11H20N4O/c1-3-4-10(12)5-11(16)15-8(2)9-6-13-14-7-9/h6-8,10H,3-5,12H2,1-2H3,(H,13,14)(H,15,16). The van der Waals surface area contributed by atoms with Crippen LogP contribution in [-0.2, 0) is 4.79 Å². The Bertz CT molecular complexity index is 310. The predicted octanol–water partition coefficient (Wildman–Crippen LogP) is 1.10. The molecule has 0 aliphatic carbocycles. The fourth-order valence-electron chi connectivity index (χ4n) is 1.59. The van der Waals surface area contributed by atoms with E-state index in [2.05, 4.69) is 22.4 Å². The summed E-state index contributed by atoms with van der Waals surface area (Å²) in [6.45, 7) is 3.99. The van der Waals surface area contributed by atoms with E-state index < -0.39 is 0 Å². The number of hydrogen-bond donors (Lipinski definition) is 3. The second-order valence-electron chi connectivity index (χ2n) is 4.07. The van der Waals surface area contributed by atoms with Crippen LogP contribution in [0.1, 0.15) is 44.7 Å². The van der Waals surface area contributed by atoms with Crippen molar-refractivity contribution in [2.45, 2.75) is 45.2 Å². The topological polar surface area (TPSA) is 83.8 Å². The first-order valence-electron chi connectivity index (χ1n) is 5.67. The summed E-state index contributed by atoms with van der Waals surface area (Å²) >= 11 is 0. The molecule has 5 nitrogen and oxygen atoms in total. The van der Waals surface area contributed by atoms with E-state index in [1.165, 1.54) is 0 Å². The maximum Gasteiger partial charge on any atom is 0.222 e. The van der Waals surface area contributed by atoms with E-state index in [-0.39, 0.29) is 18.0 Å². The summed E-state index contributed by atoms with van der Waals surface area (Å²) in [6.07, 6.45) is 5.75. The smallest absolute Gasteiger partial charge is 0.222 e. The molecule has 2 unspecified atom stereocenters. The van der Waals surface area contributed by atoms with Crippen molar-refractivity contribution in [1.82, 2.24) is 15.5 Å². The summed E-state index contributed by atoms with van der Waals surface area (Å²) in [5, 5.41) is 9.45. The van der Waals surface area contributed by atoms with Gasteiger partial charge in [0.2, 0.25) is 5.91 Å². The molecule has 4 N–H and O–H groups in total. The maximum absolute atomic E-state index is 11.6. The molecule has 1 aromatic heterocycles. The van der Waals surface area contributed by atoms with Gasteiger partial charge in [0.25, 0.3) is 0 Å². The van der Waals surface area contributed by atoms with Gasteiger partial charge in [0, 0.05) is 24.2 Å². The summed E-state index contributed by atoms with van der Waals surface area (Å²) in [5.74, 6) is -0.00495. The van der Waals surface area contributed by atoms with Crippen LogP contribution in [0.5, 0.6) is 0 Å². The quantitative estimate of drug-likeness (QED) is 0.676. The van der Waals surface area contributed by atoms with E-state index in [0.717, 1.165) is 18.4 Å². The van der Waals surface area contributed by atoms with Crippen LogP contribution in [0.2, 0.25) is 0 Å². The number of nitrogens with one attached hydrogen (secondary N) is 2. The van der Waals surface area contributed by atoms with Gasteiger partial charge in [0.1, 0.15) is 0 Å². The van der Waals surface area contributed by atoms with Crippen molar-refractivity contribution in [3.63, 3.8) is 0 Å². The SMILES string of the molecule is CCCC(N)CC(=O)NC(C)c1cn[nH]c1. The van der Waals surface area contributed by atoms with Gasteiger partial charge in [0.05, 0.1) is 12.2 Å². The zero-order chi connectivity index (χ0) is 12.0. The number of aromatic amines is 1. The first-order chi connectivity index (χ1) is 7.63. The number of aromatic nitrogens is 2. The molecule has 2 atom stereocenters. The van der Waals surface area contributed by atoms with Crippen molar-refractivity contribution in [2.24, 2.45) is 5.73 Å². The van der Waals surface area contributed by atoms with Crippen LogP contribution in [0.25, 0.3) is 0 Å². The summed E-state index contributed by atoms with van der Waals surface area (Å²) in [4.78, 5) is 11.6. The predicted molar refractivity (Wildman–Crippen MR) is 62.6 cm³/mol. The zero-order valence-corrected chi connectivity index (χ0v) is 9.86. The van der Waals surface area contributed by atoms with Gasteiger partial charge >= 0.3 is 0 Å². The van der Waals surface area contributed by atoms with Gasteiger partial charge in [-0.3, -0.25) is 9.89 Å². The fourth-order valence-corrected chi connectivity index (χ4v) is 1.59. The van der Waals surface area contributed by atoms with Crippen molar-refractivity contribution < 1.29 is 4.79 Å². The molecule has 0 bridgehead atoms. The van der Waals surface area contributed by atoms with Crippen LogP contribution in [0.3, 0.4) is 0 Å². The lowest BCUT2D eigenvalue weighted by molar-refractivity contribution is -0.122. The Morgan fingerprint density at radius 2 is 2.44 bits per heavy atom. The Kier molecular flexibility index (Phi) is 4.98. The third-order valence-corrected chi connectivity index (χ3v) is 2.50. The lowest BCUT2D eigenvalue weighted by atomic mass is 10.1. The van der Waals surface area contributed by atoms with Crippen molar-refractivity contribution >= 4 is 5.91 Å². The molecule has 1 aromatic rings. The van der Waals surface area contributed by atoms with Gasteiger partial charge in [-0.1, -0.05) is 13.3 Å². The van der Waals surface area contributed by atoms with E-state index in [9.17, 15) is 4.79 Å². The Morgan fingerprint density at radius 3 is 3.00 bits per heavy atom. The van der Waals surface area contributed by atoms with E-state index in [1.54, 1.807) is 12.4 Å².